The maximum Gasteiger partial charge on any atom is 0.276 e. The SMILES string of the molecule is O=C1CCCN1Cc1nnc(SC[C@H]2COC3(CCCC3)O2)o1. The third-order valence-electron chi connectivity index (χ3n) is 4.62. The fourth-order valence-electron chi connectivity index (χ4n) is 3.43. The lowest BCUT2D eigenvalue weighted by Crippen LogP contribution is -2.27. The van der Waals surface area contributed by atoms with E-state index in [1.807, 2.05) is 0 Å². The molecule has 8 heteroatoms. The lowest BCUT2D eigenvalue weighted by molar-refractivity contribution is -0.159. The third kappa shape index (κ3) is 3.39. The van der Waals surface area contributed by atoms with Gasteiger partial charge in [-0.05, 0) is 19.3 Å². The maximum absolute atomic E-state index is 11.6. The highest BCUT2D eigenvalue weighted by Crippen LogP contribution is 2.40. The minimum Gasteiger partial charge on any atom is -0.414 e. The van der Waals surface area contributed by atoms with Gasteiger partial charge in [0.2, 0.25) is 11.8 Å². The van der Waals surface area contributed by atoms with Crippen LogP contribution in [-0.4, -0.2) is 51.8 Å². The molecule has 7 nitrogen and oxygen atoms in total. The highest BCUT2D eigenvalue weighted by Gasteiger charge is 2.43. The molecule has 3 heterocycles. The van der Waals surface area contributed by atoms with Crippen LogP contribution in [0.5, 0.6) is 0 Å². The van der Waals surface area contributed by atoms with Crippen molar-refractivity contribution in [2.45, 2.75) is 62.2 Å². The van der Waals surface area contributed by atoms with Crippen molar-refractivity contribution >= 4 is 17.7 Å². The first-order valence-corrected chi connectivity index (χ1v) is 9.26. The highest BCUT2D eigenvalue weighted by molar-refractivity contribution is 7.99. The summed E-state index contributed by atoms with van der Waals surface area (Å²) in [4.78, 5) is 13.4. The summed E-state index contributed by atoms with van der Waals surface area (Å²) in [5.41, 5.74) is 0. The van der Waals surface area contributed by atoms with Crippen LogP contribution < -0.4 is 0 Å². The van der Waals surface area contributed by atoms with E-state index in [9.17, 15) is 4.79 Å². The van der Waals surface area contributed by atoms with Crippen LogP contribution in [0, 0.1) is 0 Å². The van der Waals surface area contributed by atoms with Crippen LogP contribution in [-0.2, 0) is 20.8 Å². The molecule has 0 radical (unpaired) electrons. The second-order valence-corrected chi connectivity index (χ2v) is 7.33. The molecular weight excluding hydrogens is 318 g/mol. The standard InChI is InChI=1S/C15H21N3O4S/c19-13-4-3-7-18(13)8-12-16-17-14(21-12)23-10-11-9-20-15(22-11)5-1-2-6-15/h11H,1-10H2/t11-/m1/s1. The van der Waals surface area contributed by atoms with E-state index >= 15 is 0 Å². The first kappa shape index (κ1) is 15.4. The Bertz CT molecular complexity index is 573. The second-order valence-electron chi connectivity index (χ2n) is 6.36. The maximum atomic E-state index is 11.6. The zero-order valence-electron chi connectivity index (χ0n) is 13.0. The van der Waals surface area contributed by atoms with Crippen LogP contribution in [0.3, 0.4) is 0 Å². The fourth-order valence-corrected chi connectivity index (χ4v) is 4.18. The van der Waals surface area contributed by atoms with Crippen molar-refractivity contribution in [1.82, 2.24) is 15.1 Å². The van der Waals surface area contributed by atoms with Crippen molar-refractivity contribution in [3.05, 3.63) is 5.89 Å². The largest absolute Gasteiger partial charge is 0.414 e. The number of carbonyl (C=O) groups excluding carboxylic acids is 1. The zero-order chi connectivity index (χ0) is 15.7. The normalized spacial score (nSPS) is 26.7. The lowest BCUT2D eigenvalue weighted by atomic mass is 10.2. The molecule has 1 aromatic rings. The zero-order valence-corrected chi connectivity index (χ0v) is 13.8. The number of ether oxygens (including phenoxy) is 2. The Labute approximate surface area is 139 Å². The third-order valence-corrected chi connectivity index (χ3v) is 5.57. The smallest absolute Gasteiger partial charge is 0.276 e. The number of hydrogen-bond donors (Lipinski definition) is 0. The van der Waals surface area contributed by atoms with E-state index in [1.165, 1.54) is 24.6 Å². The number of nitrogens with zero attached hydrogens (tertiary/aromatic N) is 3. The molecule has 2 saturated heterocycles. The van der Waals surface area contributed by atoms with E-state index in [1.54, 1.807) is 4.90 Å². The van der Waals surface area contributed by atoms with E-state index in [0.717, 1.165) is 31.6 Å². The molecule has 0 N–H and O–H groups in total. The molecule has 1 aliphatic carbocycles. The molecule has 1 atom stereocenters. The van der Waals surface area contributed by atoms with Gasteiger partial charge in [0.05, 0.1) is 19.3 Å². The second kappa shape index (κ2) is 6.41. The van der Waals surface area contributed by atoms with Gasteiger partial charge in [0, 0.05) is 31.6 Å². The quantitative estimate of drug-likeness (QED) is 0.759. The predicted molar refractivity (Wildman–Crippen MR) is 81.7 cm³/mol. The number of aromatic nitrogens is 2. The van der Waals surface area contributed by atoms with Gasteiger partial charge in [0.15, 0.2) is 5.79 Å². The Balaban J connectivity index is 1.26. The van der Waals surface area contributed by atoms with Crippen LogP contribution in [0.1, 0.15) is 44.4 Å². The van der Waals surface area contributed by atoms with Gasteiger partial charge in [-0.25, -0.2) is 0 Å². The molecule has 0 unspecified atom stereocenters. The van der Waals surface area contributed by atoms with Crippen molar-refractivity contribution in [3.63, 3.8) is 0 Å². The number of thioether (sulfide) groups is 1. The molecule has 1 aromatic heterocycles. The Morgan fingerprint density at radius 1 is 1.26 bits per heavy atom. The van der Waals surface area contributed by atoms with E-state index in [2.05, 4.69) is 10.2 Å². The summed E-state index contributed by atoms with van der Waals surface area (Å²) in [5, 5.41) is 8.60. The van der Waals surface area contributed by atoms with Gasteiger partial charge >= 0.3 is 0 Å². The van der Waals surface area contributed by atoms with Crippen molar-refractivity contribution in [1.29, 1.82) is 0 Å². The minimum atomic E-state index is -0.318. The Kier molecular flexibility index (Phi) is 4.29. The first-order chi connectivity index (χ1) is 11.2. The molecular formula is C15H21N3O4S. The summed E-state index contributed by atoms with van der Waals surface area (Å²) in [5.74, 6) is 1.09. The topological polar surface area (TPSA) is 77.7 Å². The van der Waals surface area contributed by atoms with Crippen LogP contribution in [0.4, 0.5) is 0 Å². The fraction of sp³-hybridized carbons (Fsp3) is 0.800. The van der Waals surface area contributed by atoms with Gasteiger partial charge in [0.25, 0.3) is 5.22 Å². The summed E-state index contributed by atoms with van der Waals surface area (Å²) in [7, 11) is 0. The number of likely N-dealkylation sites (tertiary alicyclic amines) is 1. The minimum absolute atomic E-state index is 0.0774. The number of amides is 1. The molecule has 2 aliphatic heterocycles. The van der Waals surface area contributed by atoms with Crippen LogP contribution in [0.2, 0.25) is 0 Å². The Morgan fingerprint density at radius 2 is 2.13 bits per heavy atom. The molecule has 23 heavy (non-hydrogen) atoms. The van der Waals surface area contributed by atoms with Gasteiger partial charge in [-0.2, -0.15) is 0 Å². The number of rotatable bonds is 5. The van der Waals surface area contributed by atoms with Gasteiger partial charge in [0.1, 0.15) is 0 Å². The van der Waals surface area contributed by atoms with Gasteiger partial charge in [-0.15, -0.1) is 10.2 Å². The first-order valence-electron chi connectivity index (χ1n) is 8.27. The van der Waals surface area contributed by atoms with Crippen molar-refractivity contribution < 1.29 is 18.7 Å². The van der Waals surface area contributed by atoms with Crippen LogP contribution in [0.15, 0.2) is 9.64 Å². The Morgan fingerprint density at radius 3 is 2.91 bits per heavy atom. The highest BCUT2D eigenvalue weighted by atomic mass is 32.2. The molecule has 1 amide bonds. The van der Waals surface area contributed by atoms with Crippen molar-refractivity contribution in [3.8, 4) is 0 Å². The Hall–Kier alpha value is -1.12. The van der Waals surface area contributed by atoms with Crippen LogP contribution >= 0.6 is 11.8 Å². The van der Waals surface area contributed by atoms with Gasteiger partial charge in [-0.1, -0.05) is 11.8 Å². The predicted octanol–water partition coefficient (Wildman–Crippen LogP) is 1.97. The average molecular weight is 339 g/mol. The average Bonchev–Trinajstić information content (AvgIpc) is 3.31. The summed E-state index contributed by atoms with van der Waals surface area (Å²) in [6, 6.07) is 0. The molecule has 0 bridgehead atoms. The van der Waals surface area contributed by atoms with Crippen LogP contribution in [0.25, 0.3) is 0 Å². The number of carbonyl (C=O) groups is 1. The van der Waals surface area contributed by atoms with E-state index in [-0.39, 0.29) is 17.8 Å². The number of hydrogen-bond acceptors (Lipinski definition) is 7. The van der Waals surface area contributed by atoms with E-state index < -0.39 is 0 Å². The van der Waals surface area contributed by atoms with Gasteiger partial charge in [-0.3, -0.25) is 4.79 Å². The summed E-state index contributed by atoms with van der Waals surface area (Å²) in [6.45, 7) is 1.83. The van der Waals surface area contributed by atoms with Crippen molar-refractivity contribution in [2.24, 2.45) is 0 Å². The molecule has 3 fully saturated rings. The summed E-state index contributed by atoms with van der Waals surface area (Å²) in [6.07, 6.45) is 5.98. The molecule has 4 rings (SSSR count). The summed E-state index contributed by atoms with van der Waals surface area (Å²) < 4.78 is 17.6. The lowest BCUT2D eigenvalue weighted by Gasteiger charge is -2.21. The van der Waals surface area contributed by atoms with E-state index in [4.69, 9.17) is 13.9 Å². The molecule has 3 aliphatic rings. The monoisotopic (exact) mass is 339 g/mol. The van der Waals surface area contributed by atoms with Crippen molar-refractivity contribution in [2.75, 3.05) is 18.9 Å². The molecule has 126 valence electrons. The summed E-state index contributed by atoms with van der Waals surface area (Å²) >= 11 is 1.49. The molecule has 0 aromatic carbocycles. The molecule has 1 spiro atoms. The van der Waals surface area contributed by atoms with Gasteiger partial charge < -0.3 is 18.8 Å². The van der Waals surface area contributed by atoms with E-state index in [0.29, 0.717) is 30.7 Å². The molecule has 1 saturated carbocycles.